The second-order valence-electron chi connectivity index (χ2n) is 4.37. The van der Waals surface area contributed by atoms with Crippen LogP contribution >= 0.6 is 11.8 Å². The zero-order valence-electron chi connectivity index (χ0n) is 10.3. The summed E-state index contributed by atoms with van der Waals surface area (Å²) in [5.41, 5.74) is 2.75. The fourth-order valence-electron chi connectivity index (χ4n) is 1.99. The van der Waals surface area contributed by atoms with Crippen LogP contribution in [0, 0.1) is 0 Å². The lowest BCUT2D eigenvalue weighted by atomic mass is 10.2. The van der Waals surface area contributed by atoms with Gasteiger partial charge in [-0.1, -0.05) is 6.07 Å². The van der Waals surface area contributed by atoms with Gasteiger partial charge in [0.05, 0.1) is 17.1 Å². The number of rotatable bonds is 3. The van der Waals surface area contributed by atoms with Crippen LogP contribution in [0.25, 0.3) is 11.0 Å². The average Bonchev–Trinajstić information content (AvgIpc) is 2.99. The van der Waals surface area contributed by atoms with Crippen LogP contribution in [0.15, 0.2) is 30.6 Å². The Morgan fingerprint density at radius 3 is 3.00 bits per heavy atom. The minimum atomic E-state index is -0.0646. The van der Waals surface area contributed by atoms with E-state index in [9.17, 15) is 4.79 Å². The summed E-state index contributed by atoms with van der Waals surface area (Å²) >= 11 is 1.74. The van der Waals surface area contributed by atoms with Crippen LogP contribution < -0.4 is 10.6 Å². The first-order valence-electron chi connectivity index (χ1n) is 6.11. The van der Waals surface area contributed by atoms with Crippen molar-refractivity contribution in [1.82, 2.24) is 20.6 Å². The van der Waals surface area contributed by atoms with Crippen molar-refractivity contribution in [2.24, 2.45) is 0 Å². The Labute approximate surface area is 115 Å². The topological polar surface area (TPSA) is 66.9 Å². The molecule has 5 nitrogen and oxygen atoms in total. The minimum Gasteiger partial charge on any atom is -0.351 e. The van der Waals surface area contributed by atoms with Gasteiger partial charge in [0.2, 0.25) is 5.91 Å². The van der Waals surface area contributed by atoms with Crippen molar-refractivity contribution in [2.75, 3.05) is 11.6 Å². The van der Waals surface area contributed by atoms with Crippen molar-refractivity contribution >= 4 is 28.7 Å². The molecule has 6 heteroatoms. The molecule has 2 N–H and O–H groups in total. The Bertz CT molecular complexity index is 598. The summed E-state index contributed by atoms with van der Waals surface area (Å²) in [6.45, 7) is 0.522. The molecule has 1 aromatic heterocycles. The summed E-state index contributed by atoms with van der Waals surface area (Å²) in [7, 11) is 0. The Hall–Kier alpha value is -1.66. The number of nitrogens with one attached hydrogen (secondary N) is 2. The van der Waals surface area contributed by atoms with Gasteiger partial charge in [-0.25, -0.2) is 0 Å². The molecule has 1 aliphatic heterocycles. The van der Waals surface area contributed by atoms with Gasteiger partial charge in [0, 0.05) is 30.6 Å². The van der Waals surface area contributed by atoms with Crippen molar-refractivity contribution in [1.29, 1.82) is 0 Å². The summed E-state index contributed by atoms with van der Waals surface area (Å²) in [6.07, 6.45) is 3.34. The highest BCUT2D eigenvalue weighted by atomic mass is 32.2. The first-order valence-corrected chi connectivity index (χ1v) is 7.27. The number of nitrogens with zero attached hydrogens (tertiary/aromatic N) is 2. The van der Waals surface area contributed by atoms with Crippen LogP contribution in [0.4, 0.5) is 0 Å². The molecule has 0 radical (unpaired) electrons. The van der Waals surface area contributed by atoms with E-state index in [0.29, 0.717) is 6.54 Å². The van der Waals surface area contributed by atoms with Crippen molar-refractivity contribution in [3.63, 3.8) is 0 Å². The normalized spacial score (nSPS) is 18.6. The molecule has 3 rings (SSSR count). The molecule has 0 bridgehead atoms. The van der Waals surface area contributed by atoms with Crippen LogP contribution in [-0.4, -0.2) is 33.5 Å². The second kappa shape index (κ2) is 5.54. The van der Waals surface area contributed by atoms with E-state index in [0.717, 1.165) is 28.2 Å². The molecule has 1 aromatic carbocycles. The van der Waals surface area contributed by atoms with Crippen LogP contribution in [0.5, 0.6) is 0 Å². The highest BCUT2D eigenvalue weighted by molar-refractivity contribution is 7.99. The molecule has 1 atom stereocenters. The van der Waals surface area contributed by atoms with E-state index >= 15 is 0 Å². The Kier molecular flexibility index (Phi) is 3.61. The van der Waals surface area contributed by atoms with Crippen LogP contribution in [0.1, 0.15) is 5.56 Å². The van der Waals surface area contributed by atoms with Gasteiger partial charge in [0.15, 0.2) is 0 Å². The Morgan fingerprint density at radius 1 is 1.37 bits per heavy atom. The molecule has 2 aromatic rings. The second-order valence-corrected chi connectivity index (χ2v) is 5.40. The maximum Gasteiger partial charge on any atom is 0.238 e. The van der Waals surface area contributed by atoms with Gasteiger partial charge in [0.1, 0.15) is 0 Å². The van der Waals surface area contributed by atoms with Crippen molar-refractivity contribution in [2.45, 2.75) is 12.6 Å². The number of fused-ring (bicyclic) bond motifs is 1. The number of hydrogen-bond donors (Lipinski definition) is 2. The van der Waals surface area contributed by atoms with Gasteiger partial charge in [0.25, 0.3) is 0 Å². The van der Waals surface area contributed by atoms with Gasteiger partial charge in [-0.05, 0) is 17.7 Å². The van der Waals surface area contributed by atoms with Gasteiger partial charge >= 0.3 is 0 Å². The SMILES string of the molecule is O=C(NCc1ccc2nccnc2c1)C1CSCN1. The summed E-state index contributed by atoms with van der Waals surface area (Å²) in [5, 5.41) is 6.09. The zero-order valence-corrected chi connectivity index (χ0v) is 11.1. The predicted octanol–water partition coefficient (Wildman–Crippen LogP) is 0.908. The van der Waals surface area contributed by atoms with Gasteiger partial charge in [-0.3, -0.25) is 20.1 Å². The number of benzene rings is 1. The molecule has 0 aliphatic carbocycles. The lowest BCUT2D eigenvalue weighted by molar-refractivity contribution is -0.122. The monoisotopic (exact) mass is 274 g/mol. The zero-order chi connectivity index (χ0) is 13.1. The molecule has 98 valence electrons. The van der Waals surface area contributed by atoms with Crippen molar-refractivity contribution in [3.05, 3.63) is 36.2 Å². The van der Waals surface area contributed by atoms with Crippen LogP contribution in [0.3, 0.4) is 0 Å². The molecular weight excluding hydrogens is 260 g/mol. The third kappa shape index (κ3) is 2.85. The number of hydrogen-bond acceptors (Lipinski definition) is 5. The first-order chi connectivity index (χ1) is 9.33. The fraction of sp³-hybridized carbons (Fsp3) is 0.308. The van der Waals surface area contributed by atoms with Crippen molar-refractivity contribution < 1.29 is 4.79 Å². The smallest absolute Gasteiger partial charge is 0.238 e. The number of thioether (sulfide) groups is 1. The largest absolute Gasteiger partial charge is 0.351 e. The number of aromatic nitrogens is 2. The maximum atomic E-state index is 11.9. The Balaban J connectivity index is 1.66. The standard InChI is InChI=1S/C13H14N4OS/c18-13(12-7-19-8-17-12)16-6-9-1-2-10-11(5-9)15-4-3-14-10/h1-5,12,17H,6-8H2,(H,16,18). The number of carbonyl (C=O) groups is 1. The predicted molar refractivity (Wildman–Crippen MR) is 75.6 cm³/mol. The van der Waals surface area contributed by atoms with Gasteiger partial charge in [-0.2, -0.15) is 0 Å². The molecule has 0 saturated carbocycles. The lowest BCUT2D eigenvalue weighted by Crippen LogP contribution is -2.41. The highest BCUT2D eigenvalue weighted by Crippen LogP contribution is 2.12. The molecule has 0 spiro atoms. The number of amides is 1. The summed E-state index contributed by atoms with van der Waals surface area (Å²) in [5.74, 6) is 1.75. The Morgan fingerprint density at radius 2 is 2.21 bits per heavy atom. The molecule has 2 heterocycles. The lowest BCUT2D eigenvalue weighted by Gasteiger charge is -2.10. The molecule has 1 amide bonds. The molecule has 1 fully saturated rings. The number of carbonyl (C=O) groups excluding carboxylic acids is 1. The van der Waals surface area contributed by atoms with Gasteiger partial charge < -0.3 is 5.32 Å². The highest BCUT2D eigenvalue weighted by Gasteiger charge is 2.21. The van der Waals surface area contributed by atoms with E-state index < -0.39 is 0 Å². The average molecular weight is 274 g/mol. The van der Waals surface area contributed by atoms with E-state index in [-0.39, 0.29) is 11.9 Å². The fourth-order valence-corrected chi connectivity index (χ4v) is 2.94. The summed E-state index contributed by atoms with van der Waals surface area (Å²) in [6, 6.07) is 5.78. The van der Waals surface area contributed by atoms with E-state index in [1.807, 2.05) is 18.2 Å². The van der Waals surface area contributed by atoms with Crippen LogP contribution in [-0.2, 0) is 11.3 Å². The molecule has 1 unspecified atom stereocenters. The molecule has 1 saturated heterocycles. The summed E-state index contributed by atoms with van der Waals surface area (Å²) in [4.78, 5) is 20.3. The molecule has 1 aliphatic rings. The van der Waals surface area contributed by atoms with E-state index in [1.54, 1.807) is 24.2 Å². The first kappa shape index (κ1) is 12.4. The minimum absolute atomic E-state index is 0.0595. The van der Waals surface area contributed by atoms with Gasteiger partial charge in [-0.15, -0.1) is 11.8 Å². The third-order valence-corrected chi connectivity index (χ3v) is 3.97. The maximum absolute atomic E-state index is 11.9. The molecule has 19 heavy (non-hydrogen) atoms. The third-order valence-electron chi connectivity index (χ3n) is 3.03. The van der Waals surface area contributed by atoms with E-state index in [4.69, 9.17) is 0 Å². The van der Waals surface area contributed by atoms with Crippen LogP contribution in [0.2, 0.25) is 0 Å². The molecular formula is C13H14N4OS. The quantitative estimate of drug-likeness (QED) is 0.871. The van der Waals surface area contributed by atoms with Crippen molar-refractivity contribution in [3.8, 4) is 0 Å². The van der Waals surface area contributed by atoms with E-state index in [1.165, 1.54) is 0 Å². The van der Waals surface area contributed by atoms with E-state index in [2.05, 4.69) is 20.6 Å². The summed E-state index contributed by atoms with van der Waals surface area (Å²) < 4.78 is 0.